The highest BCUT2D eigenvalue weighted by molar-refractivity contribution is 9.11. The van der Waals surface area contributed by atoms with Crippen molar-refractivity contribution in [1.29, 1.82) is 5.26 Å². The number of nitrogens with zero attached hydrogens (tertiary/aromatic N) is 1. The number of rotatable bonds is 3. The van der Waals surface area contributed by atoms with Gasteiger partial charge in [0.1, 0.15) is 17.5 Å². The first-order chi connectivity index (χ1) is 9.60. The Morgan fingerprint density at radius 2 is 2.10 bits per heavy atom. The van der Waals surface area contributed by atoms with E-state index < -0.39 is 11.7 Å². The molecular formula is C14H8BrFN2OS. The lowest BCUT2D eigenvalue weighted by Gasteiger charge is -2.04. The van der Waals surface area contributed by atoms with Crippen molar-refractivity contribution in [2.75, 3.05) is 5.32 Å². The lowest BCUT2D eigenvalue weighted by molar-refractivity contribution is -0.112. The molecule has 0 bridgehead atoms. The van der Waals surface area contributed by atoms with Gasteiger partial charge in [0.25, 0.3) is 5.91 Å². The number of para-hydroxylation sites is 1. The second-order valence-corrected chi connectivity index (χ2v) is 6.24. The highest BCUT2D eigenvalue weighted by atomic mass is 79.9. The average molecular weight is 351 g/mol. The Labute approximate surface area is 127 Å². The quantitative estimate of drug-likeness (QED) is 0.666. The van der Waals surface area contributed by atoms with Gasteiger partial charge in [-0.2, -0.15) is 5.26 Å². The van der Waals surface area contributed by atoms with Crippen molar-refractivity contribution < 1.29 is 9.18 Å². The van der Waals surface area contributed by atoms with Crippen LogP contribution in [0.3, 0.4) is 0 Å². The molecule has 0 saturated heterocycles. The number of carbonyl (C=O) groups is 1. The van der Waals surface area contributed by atoms with E-state index in [1.54, 1.807) is 12.1 Å². The molecule has 1 amide bonds. The summed E-state index contributed by atoms with van der Waals surface area (Å²) in [6.07, 6.45) is 1.46. The van der Waals surface area contributed by atoms with Crippen LogP contribution in [0.15, 0.2) is 45.8 Å². The minimum Gasteiger partial charge on any atom is -0.319 e. The molecule has 1 heterocycles. The van der Waals surface area contributed by atoms with E-state index in [1.807, 2.05) is 12.1 Å². The van der Waals surface area contributed by atoms with E-state index in [1.165, 1.54) is 35.6 Å². The van der Waals surface area contributed by atoms with Crippen LogP contribution in [0.2, 0.25) is 0 Å². The average Bonchev–Trinajstić information content (AvgIpc) is 2.84. The van der Waals surface area contributed by atoms with Crippen LogP contribution in [0, 0.1) is 17.1 Å². The zero-order chi connectivity index (χ0) is 14.5. The smallest absolute Gasteiger partial charge is 0.266 e. The summed E-state index contributed by atoms with van der Waals surface area (Å²) in [7, 11) is 0. The van der Waals surface area contributed by atoms with E-state index in [9.17, 15) is 9.18 Å². The fraction of sp³-hybridized carbons (Fsp3) is 0. The van der Waals surface area contributed by atoms with Gasteiger partial charge < -0.3 is 5.32 Å². The van der Waals surface area contributed by atoms with Crippen molar-refractivity contribution in [2.45, 2.75) is 0 Å². The molecule has 2 rings (SSSR count). The first-order valence-corrected chi connectivity index (χ1v) is 7.14. The Balaban J connectivity index is 2.21. The summed E-state index contributed by atoms with van der Waals surface area (Å²) in [6, 6.07) is 11.2. The second-order valence-electron chi connectivity index (χ2n) is 3.75. The summed E-state index contributed by atoms with van der Waals surface area (Å²) in [5, 5.41) is 11.4. The van der Waals surface area contributed by atoms with Crippen LogP contribution in [0.5, 0.6) is 0 Å². The van der Waals surface area contributed by atoms with Gasteiger partial charge in [-0.25, -0.2) is 4.39 Å². The molecule has 0 saturated carbocycles. The van der Waals surface area contributed by atoms with Gasteiger partial charge in [-0.1, -0.05) is 12.1 Å². The van der Waals surface area contributed by atoms with Crippen LogP contribution < -0.4 is 5.32 Å². The summed E-state index contributed by atoms with van der Waals surface area (Å²) in [5.74, 6) is -1.18. The third-order valence-corrected chi connectivity index (χ3v) is 3.94. The van der Waals surface area contributed by atoms with E-state index >= 15 is 0 Å². The van der Waals surface area contributed by atoms with Gasteiger partial charge in [0, 0.05) is 4.88 Å². The third kappa shape index (κ3) is 3.53. The predicted octanol–water partition coefficient (Wildman–Crippen LogP) is 4.20. The van der Waals surface area contributed by atoms with Crippen molar-refractivity contribution in [3.05, 3.63) is 56.5 Å². The number of benzene rings is 1. The number of nitrogens with one attached hydrogen (secondary N) is 1. The molecule has 20 heavy (non-hydrogen) atoms. The molecule has 3 nitrogen and oxygen atoms in total. The second kappa shape index (κ2) is 6.46. The minimum absolute atomic E-state index is 0.0472. The molecule has 1 aromatic carbocycles. The number of hydrogen-bond donors (Lipinski definition) is 1. The Morgan fingerprint density at radius 3 is 2.70 bits per heavy atom. The van der Waals surface area contributed by atoms with Gasteiger partial charge >= 0.3 is 0 Å². The van der Waals surface area contributed by atoms with E-state index in [2.05, 4.69) is 21.2 Å². The molecule has 0 spiro atoms. The maximum Gasteiger partial charge on any atom is 0.266 e. The Hall–Kier alpha value is -1.97. The maximum atomic E-state index is 13.4. The molecule has 6 heteroatoms. The molecule has 0 aliphatic heterocycles. The predicted molar refractivity (Wildman–Crippen MR) is 80.6 cm³/mol. The molecule has 0 aliphatic carbocycles. The monoisotopic (exact) mass is 350 g/mol. The molecule has 0 fully saturated rings. The fourth-order valence-corrected chi connectivity index (χ4v) is 2.82. The van der Waals surface area contributed by atoms with E-state index in [4.69, 9.17) is 5.26 Å². The van der Waals surface area contributed by atoms with E-state index in [0.717, 1.165) is 8.66 Å². The largest absolute Gasteiger partial charge is 0.319 e. The summed E-state index contributed by atoms with van der Waals surface area (Å²) < 4.78 is 14.3. The molecule has 0 unspecified atom stereocenters. The van der Waals surface area contributed by atoms with Gasteiger partial charge in [0.15, 0.2) is 0 Å². The number of nitriles is 1. The maximum absolute atomic E-state index is 13.4. The number of carbonyl (C=O) groups excluding carboxylic acids is 1. The standard InChI is InChI=1S/C14H8BrFN2OS/c15-13-6-5-10(20-13)7-9(8-17)14(19)18-12-4-2-1-3-11(12)16/h1-7H,(H,18,19). The van der Waals surface area contributed by atoms with Gasteiger partial charge in [-0.3, -0.25) is 4.79 Å². The van der Waals surface area contributed by atoms with Crippen molar-refractivity contribution in [1.82, 2.24) is 0 Å². The van der Waals surface area contributed by atoms with Gasteiger partial charge in [-0.15, -0.1) is 11.3 Å². The van der Waals surface area contributed by atoms with Crippen LogP contribution >= 0.6 is 27.3 Å². The molecule has 100 valence electrons. The minimum atomic E-state index is -0.637. The summed E-state index contributed by atoms with van der Waals surface area (Å²) in [5.41, 5.74) is -0.0337. The first kappa shape index (κ1) is 14.4. The number of thiophene rings is 1. The molecule has 1 aromatic heterocycles. The van der Waals surface area contributed by atoms with E-state index in [-0.39, 0.29) is 11.3 Å². The van der Waals surface area contributed by atoms with Crippen molar-refractivity contribution in [3.8, 4) is 6.07 Å². The molecule has 0 aliphatic rings. The van der Waals surface area contributed by atoms with Gasteiger partial charge in [-0.05, 0) is 46.3 Å². The summed E-state index contributed by atoms with van der Waals surface area (Å²) >= 11 is 4.69. The van der Waals surface area contributed by atoms with Crippen LogP contribution in [0.4, 0.5) is 10.1 Å². The summed E-state index contributed by atoms with van der Waals surface area (Å²) in [6.45, 7) is 0. The highest BCUT2D eigenvalue weighted by Crippen LogP contribution is 2.24. The van der Waals surface area contributed by atoms with Crippen molar-refractivity contribution in [3.63, 3.8) is 0 Å². The lowest BCUT2D eigenvalue weighted by atomic mass is 10.2. The van der Waals surface area contributed by atoms with Crippen LogP contribution in [0.25, 0.3) is 6.08 Å². The zero-order valence-electron chi connectivity index (χ0n) is 10.1. The Bertz CT molecular complexity index is 718. The van der Waals surface area contributed by atoms with E-state index in [0.29, 0.717) is 0 Å². The first-order valence-electron chi connectivity index (χ1n) is 5.53. The summed E-state index contributed by atoms with van der Waals surface area (Å²) in [4.78, 5) is 12.7. The third-order valence-electron chi connectivity index (χ3n) is 2.37. The molecular weight excluding hydrogens is 343 g/mol. The normalized spacial score (nSPS) is 10.9. The molecule has 1 N–H and O–H groups in total. The number of halogens is 2. The molecule has 2 aromatic rings. The molecule has 0 radical (unpaired) electrons. The SMILES string of the molecule is N#CC(=Cc1ccc(Br)s1)C(=O)Nc1ccccc1F. The van der Waals surface area contributed by atoms with Gasteiger partial charge in [0.05, 0.1) is 9.47 Å². The Kier molecular flexibility index (Phi) is 4.66. The van der Waals surface area contributed by atoms with Crippen LogP contribution in [0.1, 0.15) is 4.88 Å². The highest BCUT2D eigenvalue weighted by Gasteiger charge is 2.12. The zero-order valence-corrected chi connectivity index (χ0v) is 12.5. The fourth-order valence-electron chi connectivity index (χ4n) is 1.45. The van der Waals surface area contributed by atoms with Gasteiger partial charge in [0.2, 0.25) is 0 Å². The number of anilines is 1. The Morgan fingerprint density at radius 1 is 1.35 bits per heavy atom. The van der Waals surface area contributed by atoms with Crippen molar-refractivity contribution in [2.24, 2.45) is 0 Å². The van der Waals surface area contributed by atoms with Crippen LogP contribution in [-0.2, 0) is 4.79 Å². The van der Waals surface area contributed by atoms with Crippen LogP contribution in [-0.4, -0.2) is 5.91 Å². The number of amides is 1. The lowest BCUT2D eigenvalue weighted by Crippen LogP contribution is -2.14. The molecule has 0 atom stereocenters. The topological polar surface area (TPSA) is 52.9 Å². The number of hydrogen-bond acceptors (Lipinski definition) is 3. The van der Waals surface area contributed by atoms with Crippen molar-refractivity contribution >= 4 is 44.9 Å².